The minimum atomic E-state index is -1.06. The van der Waals surface area contributed by atoms with E-state index in [0.29, 0.717) is 67.8 Å². The molecule has 6 heterocycles. The number of hydrogen-bond acceptors (Lipinski definition) is 8. The second kappa shape index (κ2) is 26.7. The molecule has 0 saturated heterocycles. The second-order valence-corrected chi connectivity index (χ2v) is 25.3. The van der Waals surface area contributed by atoms with Crippen molar-refractivity contribution in [3.63, 3.8) is 0 Å². The van der Waals surface area contributed by atoms with Gasteiger partial charge in [-0.1, -0.05) is 125 Å². The fourth-order valence-electron chi connectivity index (χ4n) is 12.5. The number of rotatable bonds is 20. The van der Waals surface area contributed by atoms with Crippen molar-refractivity contribution >= 4 is 80.0 Å². The number of likely N-dealkylation sites (N-methyl/N-ethyl adjacent to an activating group) is 2. The third-order valence-corrected chi connectivity index (χ3v) is 17.8. The molecule has 4 aromatic heterocycles. The number of halogens is 4. The SMILES string of the molecule is CC[C@H](NC)C(=O)N[C@@H](Cc1cn(CC#CC#CCn2cc(C[C@H](NC(=O)[C@H](CC)NC)C(=O)N3CC(C)(C)c4[nH]c(=O)c(Cc5ccc(F)cc5)cc43)c3cccc(Cl)c32)c2c(Cl)cccc12)C(=O)N1CC(C)(C)c2[nH]c(=O)c(Cc3ccc(F)cc3)cc21. The van der Waals surface area contributed by atoms with E-state index in [-0.39, 0.29) is 86.6 Å². The molecule has 10 rings (SSSR count). The van der Waals surface area contributed by atoms with Crippen LogP contribution in [0.15, 0.2) is 119 Å². The van der Waals surface area contributed by atoms with Crippen molar-refractivity contribution in [1.29, 1.82) is 0 Å². The van der Waals surface area contributed by atoms with Crippen LogP contribution in [0.5, 0.6) is 0 Å². The lowest BCUT2D eigenvalue weighted by molar-refractivity contribution is -0.128. The minimum Gasteiger partial charge on any atom is -0.343 e. The van der Waals surface area contributed by atoms with Gasteiger partial charge in [0.05, 0.1) is 57.6 Å². The Labute approximate surface area is 531 Å². The van der Waals surface area contributed by atoms with E-state index >= 15 is 9.59 Å². The van der Waals surface area contributed by atoms with Gasteiger partial charge in [0.2, 0.25) is 23.6 Å². The van der Waals surface area contributed by atoms with Crippen LogP contribution in [0.2, 0.25) is 10.0 Å². The van der Waals surface area contributed by atoms with Crippen LogP contribution in [0.1, 0.15) is 99.2 Å². The summed E-state index contributed by atoms with van der Waals surface area (Å²) in [5.74, 6) is 10.1. The number of benzene rings is 4. The van der Waals surface area contributed by atoms with Crippen molar-refractivity contribution in [2.75, 3.05) is 37.0 Å². The molecule has 4 aromatic carbocycles. The van der Waals surface area contributed by atoms with Gasteiger partial charge in [0, 0.05) is 95.3 Å². The number of nitrogens with zero attached hydrogens (tertiary/aromatic N) is 4. The van der Waals surface area contributed by atoms with Gasteiger partial charge >= 0.3 is 0 Å². The Morgan fingerprint density at radius 3 is 1.30 bits per heavy atom. The molecule has 0 aliphatic carbocycles. The molecule has 20 heteroatoms. The highest BCUT2D eigenvalue weighted by Crippen LogP contribution is 2.42. The Bertz CT molecular complexity index is 4070. The average molecular weight is 1260 g/mol. The van der Waals surface area contributed by atoms with E-state index in [1.165, 1.54) is 24.3 Å². The zero-order valence-corrected chi connectivity index (χ0v) is 53.0. The summed E-state index contributed by atoms with van der Waals surface area (Å²) >= 11 is 13.9. The van der Waals surface area contributed by atoms with Crippen molar-refractivity contribution in [1.82, 2.24) is 40.4 Å². The molecule has 466 valence electrons. The zero-order chi connectivity index (χ0) is 64.3. The Morgan fingerprint density at radius 1 is 0.567 bits per heavy atom. The molecule has 0 bridgehead atoms. The molecule has 6 N–H and O–H groups in total. The first-order chi connectivity index (χ1) is 43.0. The predicted octanol–water partition coefficient (Wildman–Crippen LogP) is 9.15. The van der Waals surface area contributed by atoms with Crippen LogP contribution in [-0.2, 0) is 68.8 Å². The van der Waals surface area contributed by atoms with E-state index in [0.717, 1.165) is 33.0 Å². The predicted molar refractivity (Wildman–Crippen MR) is 350 cm³/mol. The van der Waals surface area contributed by atoms with Gasteiger partial charge in [-0.05, 0) is 110 Å². The number of fused-ring (bicyclic) bond motifs is 4. The highest BCUT2D eigenvalue weighted by molar-refractivity contribution is 6.35. The Kier molecular flexibility index (Phi) is 19.1. The molecule has 0 unspecified atom stereocenters. The van der Waals surface area contributed by atoms with Gasteiger partial charge in [0.15, 0.2) is 0 Å². The highest BCUT2D eigenvalue weighted by Gasteiger charge is 2.44. The van der Waals surface area contributed by atoms with Crippen molar-refractivity contribution < 1.29 is 28.0 Å². The van der Waals surface area contributed by atoms with E-state index in [9.17, 15) is 28.0 Å². The number of aromatic nitrogens is 4. The van der Waals surface area contributed by atoms with Crippen LogP contribution in [-0.4, -0.2) is 94.1 Å². The molecular weight excluding hydrogens is 1190 g/mol. The number of carbonyl (C=O) groups is 4. The van der Waals surface area contributed by atoms with Gasteiger partial charge in [0.25, 0.3) is 11.1 Å². The summed E-state index contributed by atoms with van der Waals surface area (Å²) in [6, 6.07) is 23.0. The van der Waals surface area contributed by atoms with Crippen molar-refractivity contribution in [3.8, 4) is 23.7 Å². The lowest BCUT2D eigenvalue weighted by Gasteiger charge is -2.27. The fraction of sp³-hybridized carbons (Fsp3) is 0.343. The normalized spacial score (nSPS) is 15.1. The number of pyridine rings is 2. The Balaban J connectivity index is 0.908. The van der Waals surface area contributed by atoms with E-state index in [2.05, 4.69) is 54.9 Å². The summed E-state index contributed by atoms with van der Waals surface area (Å²) in [6.45, 7) is 12.3. The Morgan fingerprint density at radius 2 is 0.944 bits per heavy atom. The first-order valence-corrected chi connectivity index (χ1v) is 30.9. The fourth-order valence-corrected chi connectivity index (χ4v) is 13.1. The first kappa shape index (κ1) is 64.2. The summed E-state index contributed by atoms with van der Waals surface area (Å²) in [5, 5.41) is 14.6. The minimum absolute atomic E-state index is 0.0824. The van der Waals surface area contributed by atoms with Crippen LogP contribution < -0.4 is 42.2 Å². The van der Waals surface area contributed by atoms with Crippen LogP contribution >= 0.6 is 23.2 Å². The summed E-state index contributed by atoms with van der Waals surface area (Å²) in [7, 11) is 3.38. The lowest BCUT2D eigenvalue weighted by atomic mass is 9.91. The lowest BCUT2D eigenvalue weighted by Crippen LogP contribution is -2.54. The monoisotopic (exact) mass is 1260 g/mol. The molecular formula is C70H72Cl2F2N10O6. The van der Waals surface area contributed by atoms with Crippen molar-refractivity contribution in [3.05, 3.63) is 197 Å². The molecule has 4 amide bonds. The molecule has 2 aliphatic heterocycles. The molecule has 16 nitrogen and oxygen atoms in total. The number of H-pyrrole nitrogens is 2. The van der Waals surface area contributed by atoms with E-state index in [1.807, 2.05) is 87.3 Å². The maximum atomic E-state index is 15.2. The zero-order valence-electron chi connectivity index (χ0n) is 51.5. The van der Waals surface area contributed by atoms with Gasteiger partial charge in [-0.25, -0.2) is 8.78 Å². The van der Waals surface area contributed by atoms with E-state index in [1.54, 1.807) is 72.4 Å². The Hall–Kier alpha value is -8.78. The molecule has 0 fully saturated rings. The summed E-state index contributed by atoms with van der Waals surface area (Å²) in [6.07, 6.45) is 5.28. The van der Waals surface area contributed by atoms with Crippen LogP contribution in [0, 0.1) is 35.3 Å². The van der Waals surface area contributed by atoms with Gasteiger partial charge in [-0.15, -0.1) is 0 Å². The third kappa shape index (κ3) is 13.4. The molecule has 0 radical (unpaired) electrons. The number of nitrogens with one attached hydrogen (secondary N) is 6. The molecule has 4 atom stereocenters. The molecule has 0 saturated carbocycles. The highest BCUT2D eigenvalue weighted by atomic mass is 35.5. The maximum Gasteiger partial charge on any atom is 0.251 e. The number of para-hydroxylation sites is 2. The summed E-state index contributed by atoms with van der Waals surface area (Å²) < 4.78 is 31.4. The van der Waals surface area contributed by atoms with Gasteiger partial charge in [0.1, 0.15) is 23.7 Å². The van der Waals surface area contributed by atoms with Gasteiger partial charge in [-0.2, -0.15) is 0 Å². The molecule has 2 aliphatic rings. The number of carbonyl (C=O) groups excluding carboxylic acids is 4. The van der Waals surface area contributed by atoms with E-state index < -0.39 is 46.6 Å². The standard InChI is InChI=1S/C70H72Cl2F2N10O6/c1-9-53(75-7)65(87)77-55(67(89)83-39-69(3,4)61-57(83)35-43(63(85)79-61)31-41-21-25-47(73)26-22-41)33-45-37-81(59-49(45)17-15-19-51(59)71)29-13-11-12-14-30-82-38-46(50-18-16-20-52(72)60(50)82)34-56(78-66(88)54(10-2)76-8)68(90)84-40-70(5,6)62-58(84)36-44(64(86)80-62)32-42-23-27-48(74)28-24-42/h15-28,35-38,53-56,75-76H,9-10,29-34,39-40H2,1-8H3,(H,77,87)(H,78,88)(H,79,85)(H,80,86)/t53-,54-,55-,56-/m0/s1. The van der Waals surface area contributed by atoms with Crippen LogP contribution in [0.3, 0.4) is 0 Å². The average Bonchev–Trinajstić information content (AvgIpc) is 1.72. The number of amides is 4. The molecule has 8 aromatic rings. The quantitative estimate of drug-likeness (QED) is 0.0406. The van der Waals surface area contributed by atoms with E-state index in [4.69, 9.17) is 23.2 Å². The van der Waals surface area contributed by atoms with Crippen molar-refractivity contribution in [2.24, 2.45) is 0 Å². The van der Waals surface area contributed by atoms with Crippen LogP contribution in [0.4, 0.5) is 20.2 Å². The third-order valence-electron chi connectivity index (χ3n) is 17.2. The number of aromatic amines is 2. The number of anilines is 2. The summed E-state index contributed by atoms with van der Waals surface area (Å²) in [4.78, 5) is 94.6. The topological polar surface area (TPSA) is 198 Å². The largest absolute Gasteiger partial charge is 0.343 e. The maximum absolute atomic E-state index is 15.2. The smallest absolute Gasteiger partial charge is 0.251 e. The van der Waals surface area contributed by atoms with Crippen molar-refractivity contribution in [2.45, 2.75) is 128 Å². The second-order valence-electron chi connectivity index (χ2n) is 24.5. The van der Waals surface area contributed by atoms with Crippen LogP contribution in [0.25, 0.3) is 21.8 Å². The molecule has 0 spiro atoms. The van der Waals surface area contributed by atoms with Gasteiger partial charge < -0.3 is 50.2 Å². The first-order valence-electron chi connectivity index (χ1n) is 30.1. The van der Waals surface area contributed by atoms with Gasteiger partial charge in [-0.3, -0.25) is 28.8 Å². The molecule has 90 heavy (non-hydrogen) atoms. The number of hydrogen-bond donors (Lipinski definition) is 6. The summed E-state index contributed by atoms with van der Waals surface area (Å²) in [5.41, 5.74) is 5.41.